The summed E-state index contributed by atoms with van der Waals surface area (Å²) < 4.78 is 0. The van der Waals surface area contributed by atoms with Gasteiger partial charge in [-0.05, 0) is 42.7 Å². The van der Waals surface area contributed by atoms with E-state index >= 15 is 0 Å². The van der Waals surface area contributed by atoms with Crippen LogP contribution in [0.25, 0.3) is 11.3 Å². The van der Waals surface area contributed by atoms with Gasteiger partial charge in [0, 0.05) is 41.6 Å². The molecule has 0 radical (unpaired) electrons. The van der Waals surface area contributed by atoms with Crippen LogP contribution in [0.5, 0.6) is 0 Å². The summed E-state index contributed by atoms with van der Waals surface area (Å²) in [5, 5.41) is 12.0. The van der Waals surface area contributed by atoms with Crippen LogP contribution in [-0.2, 0) is 0 Å². The van der Waals surface area contributed by atoms with Gasteiger partial charge in [0.2, 0.25) is 0 Å². The Morgan fingerprint density at radius 1 is 0.862 bits per heavy atom. The molecule has 3 heterocycles. The van der Waals surface area contributed by atoms with E-state index in [2.05, 4.69) is 25.6 Å². The number of benzene rings is 1. The maximum atomic E-state index is 6.03. The van der Waals surface area contributed by atoms with Crippen LogP contribution < -0.4 is 5.43 Å². The average molecular weight is 481 g/mol. The van der Waals surface area contributed by atoms with Crippen molar-refractivity contribution in [3.63, 3.8) is 0 Å². The number of nitrogens with zero attached hydrogens (tertiary/aromatic N) is 4. The van der Waals surface area contributed by atoms with Crippen LogP contribution in [0, 0.1) is 0 Å². The highest BCUT2D eigenvalue weighted by Crippen LogP contribution is 2.36. The summed E-state index contributed by atoms with van der Waals surface area (Å²) in [6.07, 6.45) is 7.17. The van der Waals surface area contributed by atoms with Crippen molar-refractivity contribution in [2.24, 2.45) is 10.2 Å². The minimum absolute atomic E-state index is 0. The SMILES string of the molecule is Cl.Cl.Cl.Clc1ccc(C2=C(c3ccncc3)C(NN3CCCCC3)N=N2)cc1.O. The molecule has 4 rings (SSSR count). The number of rotatable bonds is 4. The van der Waals surface area contributed by atoms with Gasteiger partial charge in [0.15, 0.2) is 6.17 Å². The molecule has 160 valence electrons. The zero-order valence-corrected chi connectivity index (χ0v) is 18.8. The van der Waals surface area contributed by atoms with Crippen molar-refractivity contribution in [1.82, 2.24) is 15.4 Å². The number of azo groups is 1. The van der Waals surface area contributed by atoms with Crippen LogP contribution in [0.2, 0.25) is 5.02 Å². The standard InChI is InChI=1S/C19H20ClN5.3ClH.H2O/c20-16-6-4-15(5-7-16)18-17(14-8-10-21-11-9-14)19(23-22-18)24-25-12-2-1-3-13-25;;;;/h4-11,19,24H,1-3,12-13H2;3*1H;1H2. The number of piperidine rings is 1. The molecule has 0 aliphatic carbocycles. The van der Waals surface area contributed by atoms with Crippen LogP contribution in [0.4, 0.5) is 0 Å². The number of hydrogen-bond acceptors (Lipinski definition) is 5. The summed E-state index contributed by atoms with van der Waals surface area (Å²) in [4.78, 5) is 4.13. The summed E-state index contributed by atoms with van der Waals surface area (Å²) in [7, 11) is 0. The number of hydrazine groups is 1. The Labute approximate surface area is 194 Å². The molecule has 1 fully saturated rings. The van der Waals surface area contributed by atoms with Gasteiger partial charge < -0.3 is 5.48 Å². The first-order valence-corrected chi connectivity index (χ1v) is 9.01. The lowest BCUT2D eigenvalue weighted by atomic mass is 9.99. The van der Waals surface area contributed by atoms with E-state index in [1.54, 1.807) is 12.4 Å². The predicted octanol–water partition coefficient (Wildman–Crippen LogP) is 4.83. The molecule has 6 nitrogen and oxygen atoms in total. The summed E-state index contributed by atoms with van der Waals surface area (Å²) in [5.74, 6) is 0. The number of pyridine rings is 1. The fourth-order valence-corrected chi connectivity index (χ4v) is 3.42. The first-order chi connectivity index (χ1) is 12.3. The minimum atomic E-state index is -0.175. The molecule has 0 amide bonds. The Hall–Kier alpha value is -1.25. The van der Waals surface area contributed by atoms with Crippen molar-refractivity contribution < 1.29 is 5.48 Å². The topological polar surface area (TPSA) is 84.4 Å². The van der Waals surface area contributed by atoms with Gasteiger partial charge in [0.1, 0.15) is 0 Å². The summed E-state index contributed by atoms with van der Waals surface area (Å²) in [6, 6.07) is 11.8. The fraction of sp³-hybridized carbons (Fsp3) is 0.316. The molecular formula is C19H25Cl4N5O. The van der Waals surface area contributed by atoms with E-state index in [0.29, 0.717) is 5.02 Å². The molecule has 2 aliphatic rings. The quantitative estimate of drug-likeness (QED) is 0.680. The van der Waals surface area contributed by atoms with Gasteiger partial charge in [0.25, 0.3) is 0 Å². The van der Waals surface area contributed by atoms with Crippen LogP contribution in [-0.4, -0.2) is 34.7 Å². The highest BCUT2D eigenvalue weighted by atomic mass is 35.5. The summed E-state index contributed by atoms with van der Waals surface area (Å²) >= 11 is 6.03. The predicted molar refractivity (Wildman–Crippen MR) is 125 cm³/mol. The van der Waals surface area contributed by atoms with Crippen molar-refractivity contribution >= 4 is 60.1 Å². The normalized spacial score (nSPS) is 18.2. The fourth-order valence-electron chi connectivity index (χ4n) is 3.29. The van der Waals surface area contributed by atoms with Gasteiger partial charge in [0.05, 0.1) is 5.70 Å². The smallest absolute Gasteiger partial charge is 0.162 e. The second kappa shape index (κ2) is 13.1. The van der Waals surface area contributed by atoms with E-state index in [0.717, 1.165) is 35.5 Å². The third-order valence-electron chi connectivity index (χ3n) is 4.57. The molecule has 2 aliphatic heterocycles. The van der Waals surface area contributed by atoms with Crippen molar-refractivity contribution in [3.05, 3.63) is 64.9 Å². The van der Waals surface area contributed by atoms with Gasteiger partial charge in [-0.2, -0.15) is 10.2 Å². The molecule has 3 N–H and O–H groups in total. The molecule has 1 saturated heterocycles. The largest absolute Gasteiger partial charge is 0.412 e. The van der Waals surface area contributed by atoms with Gasteiger partial charge in [-0.3, -0.25) is 4.98 Å². The van der Waals surface area contributed by atoms with Gasteiger partial charge in [-0.1, -0.05) is 30.2 Å². The molecule has 1 aromatic heterocycles. The maximum absolute atomic E-state index is 6.03. The molecule has 0 saturated carbocycles. The lowest BCUT2D eigenvalue weighted by Gasteiger charge is -2.29. The summed E-state index contributed by atoms with van der Waals surface area (Å²) in [6.45, 7) is 2.10. The Balaban J connectivity index is 0.00000196. The number of halogens is 4. The van der Waals surface area contributed by atoms with Crippen molar-refractivity contribution in [3.8, 4) is 0 Å². The lowest BCUT2D eigenvalue weighted by molar-refractivity contribution is 0.143. The monoisotopic (exact) mass is 479 g/mol. The second-order valence-corrected chi connectivity index (χ2v) is 6.74. The minimum Gasteiger partial charge on any atom is -0.412 e. The number of hydrogen-bond donors (Lipinski definition) is 1. The van der Waals surface area contributed by atoms with Crippen LogP contribution in [0.1, 0.15) is 30.4 Å². The molecule has 1 atom stereocenters. The van der Waals surface area contributed by atoms with Gasteiger partial charge in [-0.15, -0.1) is 37.2 Å². The van der Waals surface area contributed by atoms with Crippen molar-refractivity contribution in [2.75, 3.05) is 13.1 Å². The Morgan fingerprint density at radius 3 is 2.10 bits per heavy atom. The van der Waals surface area contributed by atoms with E-state index in [9.17, 15) is 0 Å². The molecule has 2 aromatic rings. The van der Waals surface area contributed by atoms with Crippen LogP contribution in [0.3, 0.4) is 0 Å². The molecule has 1 unspecified atom stereocenters. The van der Waals surface area contributed by atoms with E-state index in [1.807, 2.05) is 36.4 Å². The molecule has 1 aromatic carbocycles. The maximum Gasteiger partial charge on any atom is 0.162 e. The highest BCUT2D eigenvalue weighted by Gasteiger charge is 2.28. The first-order valence-electron chi connectivity index (χ1n) is 8.64. The molecule has 10 heteroatoms. The van der Waals surface area contributed by atoms with E-state index in [1.165, 1.54) is 19.3 Å². The molecular weight excluding hydrogens is 456 g/mol. The lowest BCUT2D eigenvalue weighted by Crippen LogP contribution is -2.46. The zero-order chi connectivity index (χ0) is 17.1. The van der Waals surface area contributed by atoms with Crippen molar-refractivity contribution in [2.45, 2.75) is 25.4 Å². The average Bonchev–Trinajstić information content (AvgIpc) is 3.07. The van der Waals surface area contributed by atoms with Crippen LogP contribution >= 0.6 is 48.8 Å². The Kier molecular flexibility index (Phi) is 12.6. The first kappa shape index (κ1) is 27.8. The Bertz CT molecular complexity index is 796. The molecule has 0 bridgehead atoms. The molecule has 0 spiro atoms. The van der Waals surface area contributed by atoms with Crippen molar-refractivity contribution in [1.29, 1.82) is 0 Å². The Morgan fingerprint density at radius 2 is 1.48 bits per heavy atom. The van der Waals surface area contributed by atoms with Gasteiger partial charge in [-0.25, -0.2) is 10.4 Å². The van der Waals surface area contributed by atoms with Crippen LogP contribution in [0.15, 0.2) is 59.0 Å². The summed E-state index contributed by atoms with van der Waals surface area (Å²) in [5.41, 5.74) is 7.61. The molecule has 29 heavy (non-hydrogen) atoms. The number of nitrogens with one attached hydrogen (secondary N) is 1. The zero-order valence-electron chi connectivity index (χ0n) is 15.6. The number of aromatic nitrogens is 1. The van der Waals surface area contributed by atoms with E-state index in [-0.39, 0.29) is 48.9 Å². The third kappa shape index (κ3) is 6.62. The third-order valence-corrected chi connectivity index (χ3v) is 4.82. The second-order valence-electron chi connectivity index (χ2n) is 6.30. The van der Waals surface area contributed by atoms with Gasteiger partial charge >= 0.3 is 0 Å². The highest BCUT2D eigenvalue weighted by molar-refractivity contribution is 6.30. The van der Waals surface area contributed by atoms with E-state index in [4.69, 9.17) is 11.6 Å². The van der Waals surface area contributed by atoms with E-state index < -0.39 is 0 Å².